The largest absolute Gasteiger partial charge is 0.378 e. The summed E-state index contributed by atoms with van der Waals surface area (Å²) in [5.41, 5.74) is 0. The van der Waals surface area contributed by atoms with E-state index in [1.165, 1.54) is 32.5 Å². The normalized spacial score (nSPS) is 26.8. The van der Waals surface area contributed by atoms with Crippen molar-refractivity contribution in [3.8, 4) is 0 Å². The van der Waals surface area contributed by atoms with Crippen LogP contribution in [0.15, 0.2) is 0 Å². The van der Waals surface area contributed by atoms with Gasteiger partial charge >= 0.3 is 0 Å². The van der Waals surface area contributed by atoms with Crippen molar-refractivity contribution in [2.24, 2.45) is 0 Å². The summed E-state index contributed by atoms with van der Waals surface area (Å²) in [7, 11) is 0. The van der Waals surface area contributed by atoms with Crippen LogP contribution in [0, 0.1) is 0 Å². The van der Waals surface area contributed by atoms with Crippen molar-refractivity contribution in [2.45, 2.75) is 18.9 Å². The Balaban J connectivity index is 1.25. The second kappa shape index (κ2) is 9.68. The summed E-state index contributed by atoms with van der Waals surface area (Å²) in [6, 6.07) is 0.217. The molecule has 24 heavy (non-hydrogen) atoms. The Kier molecular flexibility index (Phi) is 7.29. The summed E-state index contributed by atoms with van der Waals surface area (Å²) in [6.07, 6.45) is 2.70. The molecule has 3 aliphatic rings. The van der Waals surface area contributed by atoms with E-state index in [1.807, 2.05) is 4.90 Å². The standard InChI is InChI=1S/C17H32N4O3/c22-17(15-24-14-16-13-23-12-3-18-16)21-10-8-20(9-11-21)7-6-19-4-1-2-5-19/h16,18H,1-15H2. The molecule has 0 radical (unpaired) electrons. The maximum atomic E-state index is 12.2. The van der Waals surface area contributed by atoms with Crippen LogP contribution < -0.4 is 5.32 Å². The fourth-order valence-corrected chi connectivity index (χ4v) is 3.62. The third-order valence-corrected chi connectivity index (χ3v) is 5.20. The average Bonchev–Trinajstić information content (AvgIpc) is 3.15. The lowest BCUT2D eigenvalue weighted by Gasteiger charge is -2.35. The van der Waals surface area contributed by atoms with E-state index >= 15 is 0 Å². The van der Waals surface area contributed by atoms with E-state index in [2.05, 4.69) is 15.1 Å². The summed E-state index contributed by atoms with van der Waals surface area (Å²) in [6.45, 7) is 11.5. The number of amides is 1. The van der Waals surface area contributed by atoms with Gasteiger partial charge in [0.2, 0.25) is 5.91 Å². The highest BCUT2D eigenvalue weighted by Gasteiger charge is 2.22. The second-order valence-electron chi connectivity index (χ2n) is 7.01. The third-order valence-electron chi connectivity index (χ3n) is 5.20. The summed E-state index contributed by atoms with van der Waals surface area (Å²) < 4.78 is 11.0. The van der Waals surface area contributed by atoms with Crippen LogP contribution in [0.5, 0.6) is 0 Å². The minimum Gasteiger partial charge on any atom is -0.378 e. The second-order valence-corrected chi connectivity index (χ2v) is 7.01. The Morgan fingerprint density at radius 1 is 1.04 bits per heavy atom. The van der Waals surface area contributed by atoms with Crippen LogP contribution in [0.25, 0.3) is 0 Å². The van der Waals surface area contributed by atoms with E-state index in [0.717, 1.165) is 45.9 Å². The van der Waals surface area contributed by atoms with Gasteiger partial charge in [-0.1, -0.05) is 0 Å². The van der Waals surface area contributed by atoms with Gasteiger partial charge in [0, 0.05) is 45.8 Å². The van der Waals surface area contributed by atoms with E-state index in [4.69, 9.17) is 9.47 Å². The smallest absolute Gasteiger partial charge is 0.248 e. The summed E-state index contributed by atoms with van der Waals surface area (Å²) in [5.74, 6) is 0.117. The van der Waals surface area contributed by atoms with Crippen LogP contribution in [0.4, 0.5) is 0 Å². The molecule has 7 nitrogen and oxygen atoms in total. The molecule has 3 heterocycles. The number of rotatable bonds is 7. The molecule has 0 bridgehead atoms. The van der Waals surface area contributed by atoms with Gasteiger partial charge in [0.1, 0.15) is 6.61 Å². The minimum absolute atomic E-state index is 0.117. The van der Waals surface area contributed by atoms with E-state index in [1.54, 1.807) is 0 Å². The number of likely N-dealkylation sites (tertiary alicyclic amines) is 1. The number of hydrogen-bond donors (Lipinski definition) is 1. The minimum atomic E-state index is 0.117. The molecular formula is C17H32N4O3. The molecular weight excluding hydrogens is 308 g/mol. The molecule has 138 valence electrons. The molecule has 1 unspecified atom stereocenters. The van der Waals surface area contributed by atoms with Crippen LogP contribution in [-0.2, 0) is 14.3 Å². The molecule has 1 atom stereocenters. The van der Waals surface area contributed by atoms with Gasteiger partial charge in [-0.25, -0.2) is 0 Å². The Morgan fingerprint density at radius 2 is 1.75 bits per heavy atom. The van der Waals surface area contributed by atoms with Crippen molar-refractivity contribution in [3.63, 3.8) is 0 Å². The summed E-state index contributed by atoms with van der Waals surface area (Å²) in [4.78, 5) is 19.2. The highest BCUT2D eigenvalue weighted by atomic mass is 16.5. The van der Waals surface area contributed by atoms with E-state index < -0.39 is 0 Å². The van der Waals surface area contributed by atoms with Gasteiger partial charge in [0.15, 0.2) is 0 Å². The lowest BCUT2D eigenvalue weighted by molar-refractivity contribution is -0.138. The third kappa shape index (κ3) is 5.67. The number of nitrogens with zero attached hydrogens (tertiary/aromatic N) is 3. The van der Waals surface area contributed by atoms with Crippen LogP contribution in [0.2, 0.25) is 0 Å². The van der Waals surface area contributed by atoms with Crippen molar-refractivity contribution in [1.29, 1.82) is 0 Å². The number of ether oxygens (including phenoxy) is 2. The molecule has 3 rings (SSSR count). The fraction of sp³-hybridized carbons (Fsp3) is 0.941. The van der Waals surface area contributed by atoms with Gasteiger partial charge in [0.05, 0.1) is 25.9 Å². The SMILES string of the molecule is O=C(COCC1COCCN1)N1CCN(CCN2CCCC2)CC1. The van der Waals surface area contributed by atoms with Gasteiger partial charge in [0.25, 0.3) is 0 Å². The fourth-order valence-electron chi connectivity index (χ4n) is 3.62. The van der Waals surface area contributed by atoms with Crippen molar-refractivity contribution in [1.82, 2.24) is 20.0 Å². The predicted molar refractivity (Wildman–Crippen MR) is 92.1 cm³/mol. The molecule has 0 aromatic rings. The summed E-state index contributed by atoms with van der Waals surface area (Å²) >= 11 is 0. The van der Waals surface area contributed by atoms with E-state index in [9.17, 15) is 4.79 Å². The maximum Gasteiger partial charge on any atom is 0.248 e. The number of hydrogen-bond acceptors (Lipinski definition) is 6. The van der Waals surface area contributed by atoms with Gasteiger partial charge in [-0.2, -0.15) is 0 Å². The molecule has 7 heteroatoms. The lowest BCUT2D eigenvalue weighted by Crippen LogP contribution is -2.51. The number of carbonyl (C=O) groups excluding carboxylic acids is 1. The van der Waals surface area contributed by atoms with Crippen molar-refractivity contribution in [3.05, 3.63) is 0 Å². The Hall–Kier alpha value is -0.730. The molecule has 0 saturated carbocycles. The van der Waals surface area contributed by atoms with Crippen molar-refractivity contribution >= 4 is 5.91 Å². The highest BCUT2D eigenvalue weighted by molar-refractivity contribution is 5.77. The number of carbonyl (C=O) groups is 1. The maximum absolute atomic E-state index is 12.2. The molecule has 0 spiro atoms. The quantitative estimate of drug-likeness (QED) is 0.657. The number of morpholine rings is 1. The van der Waals surface area contributed by atoms with Gasteiger partial charge < -0.3 is 24.6 Å². The molecule has 0 aromatic heterocycles. The Labute approximate surface area is 145 Å². The topological polar surface area (TPSA) is 57.3 Å². The zero-order valence-electron chi connectivity index (χ0n) is 14.8. The molecule has 3 aliphatic heterocycles. The zero-order chi connectivity index (χ0) is 16.6. The van der Waals surface area contributed by atoms with Gasteiger partial charge in [-0.3, -0.25) is 9.69 Å². The van der Waals surface area contributed by atoms with Crippen molar-refractivity contribution in [2.75, 3.05) is 85.3 Å². The lowest BCUT2D eigenvalue weighted by atomic mass is 10.3. The number of nitrogens with one attached hydrogen (secondary N) is 1. The highest BCUT2D eigenvalue weighted by Crippen LogP contribution is 2.08. The Morgan fingerprint density at radius 3 is 2.42 bits per heavy atom. The van der Waals surface area contributed by atoms with Crippen LogP contribution in [0.1, 0.15) is 12.8 Å². The summed E-state index contributed by atoms with van der Waals surface area (Å²) in [5, 5.41) is 3.33. The van der Waals surface area contributed by atoms with Gasteiger partial charge in [-0.05, 0) is 25.9 Å². The average molecular weight is 340 g/mol. The number of piperazine rings is 1. The zero-order valence-corrected chi connectivity index (χ0v) is 14.8. The monoisotopic (exact) mass is 340 g/mol. The first-order chi connectivity index (χ1) is 11.8. The first-order valence-corrected chi connectivity index (χ1v) is 9.42. The molecule has 1 amide bonds. The molecule has 1 N–H and O–H groups in total. The van der Waals surface area contributed by atoms with E-state index in [-0.39, 0.29) is 18.6 Å². The molecule has 3 saturated heterocycles. The Bertz CT molecular complexity index is 376. The van der Waals surface area contributed by atoms with Crippen LogP contribution >= 0.6 is 0 Å². The van der Waals surface area contributed by atoms with Crippen LogP contribution in [-0.4, -0.2) is 112 Å². The van der Waals surface area contributed by atoms with E-state index in [0.29, 0.717) is 13.2 Å². The molecule has 3 fully saturated rings. The van der Waals surface area contributed by atoms with Gasteiger partial charge in [-0.15, -0.1) is 0 Å². The predicted octanol–water partition coefficient (Wildman–Crippen LogP) is -0.769. The molecule has 0 aromatic carbocycles. The van der Waals surface area contributed by atoms with Crippen LogP contribution in [0.3, 0.4) is 0 Å². The first-order valence-electron chi connectivity index (χ1n) is 9.42. The first kappa shape index (κ1) is 18.1. The van der Waals surface area contributed by atoms with Crippen molar-refractivity contribution < 1.29 is 14.3 Å². The molecule has 0 aliphatic carbocycles.